The molecule has 2 aromatic heterocycles. The van der Waals surface area contributed by atoms with Gasteiger partial charge in [-0.25, -0.2) is 0 Å². The molecule has 1 aromatic carbocycles. The Morgan fingerprint density at radius 1 is 1.35 bits per heavy atom. The van der Waals surface area contributed by atoms with Crippen LogP contribution in [0.4, 0.5) is 5.69 Å². The van der Waals surface area contributed by atoms with Crippen molar-refractivity contribution in [2.75, 3.05) is 5.32 Å². The van der Waals surface area contributed by atoms with E-state index in [4.69, 9.17) is 0 Å². The van der Waals surface area contributed by atoms with Crippen LogP contribution in [-0.4, -0.2) is 16.2 Å². The highest BCUT2D eigenvalue weighted by Crippen LogP contribution is 2.20. The Bertz CT molecular complexity index is 764. The van der Waals surface area contributed by atoms with Gasteiger partial charge in [-0.15, -0.1) is 0 Å². The Hall–Kier alpha value is -2.96. The Kier molecular flexibility index (Phi) is 3.00. The van der Waals surface area contributed by atoms with E-state index in [9.17, 15) is 9.90 Å². The molecule has 0 bridgehead atoms. The van der Waals surface area contributed by atoms with Crippen molar-refractivity contribution < 1.29 is 19.1 Å². The van der Waals surface area contributed by atoms with Gasteiger partial charge in [-0.05, 0) is 24.3 Å². The van der Waals surface area contributed by atoms with Crippen LogP contribution >= 0.6 is 0 Å². The highest BCUT2D eigenvalue weighted by atomic mass is 16.6. The van der Waals surface area contributed by atoms with Crippen LogP contribution in [0.15, 0.2) is 47.2 Å². The van der Waals surface area contributed by atoms with E-state index in [1.165, 1.54) is 0 Å². The number of benzene rings is 1. The van der Waals surface area contributed by atoms with Crippen molar-refractivity contribution >= 4 is 22.5 Å². The molecule has 7 heteroatoms. The minimum Gasteiger partial charge on any atom is -0.539 e. The summed E-state index contributed by atoms with van der Waals surface area (Å²) in [6.45, 7) is -0.0949. The number of fused-ring (bicyclic) bond motifs is 1. The molecule has 20 heavy (non-hydrogen) atoms. The highest BCUT2D eigenvalue weighted by Gasteiger charge is 2.13. The van der Waals surface area contributed by atoms with E-state index in [1.54, 1.807) is 18.3 Å². The van der Waals surface area contributed by atoms with Gasteiger partial charge in [0.15, 0.2) is 0 Å². The van der Waals surface area contributed by atoms with E-state index in [2.05, 4.69) is 20.1 Å². The average molecular weight is 270 g/mol. The van der Waals surface area contributed by atoms with Crippen LogP contribution in [-0.2, 0) is 11.3 Å². The van der Waals surface area contributed by atoms with Crippen LogP contribution in [0.2, 0.25) is 0 Å². The van der Waals surface area contributed by atoms with Gasteiger partial charge in [-0.1, -0.05) is 10.7 Å². The fourth-order valence-corrected chi connectivity index (χ4v) is 1.89. The second-order valence-electron chi connectivity index (χ2n) is 4.14. The van der Waals surface area contributed by atoms with Crippen molar-refractivity contribution in [3.63, 3.8) is 0 Å². The highest BCUT2D eigenvalue weighted by molar-refractivity contribution is 6.00. The second-order valence-corrected chi connectivity index (χ2v) is 4.14. The van der Waals surface area contributed by atoms with Gasteiger partial charge in [0.2, 0.25) is 6.20 Å². The van der Waals surface area contributed by atoms with Crippen LogP contribution in [0.25, 0.3) is 10.9 Å². The molecule has 0 fully saturated rings. The predicted octanol–water partition coefficient (Wildman–Crippen LogP) is 0.223. The van der Waals surface area contributed by atoms with E-state index in [0.717, 1.165) is 21.8 Å². The smallest absolute Gasteiger partial charge is 0.292 e. The maximum absolute atomic E-state index is 11.9. The summed E-state index contributed by atoms with van der Waals surface area (Å²) in [7, 11) is 0. The largest absolute Gasteiger partial charge is 0.539 e. The van der Waals surface area contributed by atoms with Crippen LogP contribution in [0.1, 0.15) is 0 Å². The molecule has 0 unspecified atom stereocenters. The zero-order valence-electron chi connectivity index (χ0n) is 10.3. The van der Waals surface area contributed by atoms with E-state index in [1.807, 2.05) is 18.2 Å². The first-order chi connectivity index (χ1) is 9.72. The third-order valence-electron chi connectivity index (χ3n) is 2.72. The van der Waals surface area contributed by atoms with Gasteiger partial charge in [0.25, 0.3) is 12.5 Å². The summed E-state index contributed by atoms with van der Waals surface area (Å²) in [4.78, 5) is 16.1. The number of amides is 1. The standard InChI is InChI=1S/C13H10N4O3/c18-12(7-17-8-13(19)20-16-17)15-11-5-1-4-10-9(11)3-2-6-14-10/h1-6,8H,7H2,(H-,14,15,16,18,19). The van der Waals surface area contributed by atoms with Crippen molar-refractivity contribution in [1.29, 1.82) is 0 Å². The lowest BCUT2D eigenvalue weighted by Gasteiger charge is -2.05. The first kappa shape index (κ1) is 12.1. The minimum absolute atomic E-state index is 0.0949. The molecule has 0 saturated carbocycles. The normalized spacial score (nSPS) is 10.6. The van der Waals surface area contributed by atoms with Gasteiger partial charge in [-0.3, -0.25) is 9.78 Å². The fraction of sp³-hybridized carbons (Fsp3) is 0.0769. The summed E-state index contributed by atoms with van der Waals surface area (Å²) < 4.78 is 5.49. The Labute approximate surface area is 113 Å². The molecule has 0 aliphatic heterocycles. The number of hydrogen-bond acceptors (Lipinski definition) is 5. The van der Waals surface area contributed by atoms with Crippen LogP contribution < -0.4 is 15.1 Å². The van der Waals surface area contributed by atoms with Crippen molar-refractivity contribution in [2.24, 2.45) is 0 Å². The topological polar surface area (TPSA) is 95.0 Å². The molecule has 1 amide bonds. The van der Waals surface area contributed by atoms with Crippen molar-refractivity contribution in [1.82, 2.24) is 10.3 Å². The molecule has 0 atom stereocenters. The van der Waals surface area contributed by atoms with E-state index >= 15 is 0 Å². The number of nitrogens with zero attached hydrogens (tertiary/aromatic N) is 3. The number of rotatable bonds is 3. The van der Waals surface area contributed by atoms with Gasteiger partial charge < -0.3 is 14.9 Å². The maximum Gasteiger partial charge on any atom is 0.292 e. The van der Waals surface area contributed by atoms with E-state index in [-0.39, 0.29) is 12.5 Å². The molecule has 7 nitrogen and oxygen atoms in total. The fourth-order valence-electron chi connectivity index (χ4n) is 1.89. The predicted molar refractivity (Wildman–Crippen MR) is 66.5 cm³/mol. The Balaban J connectivity index is 1.81. The van der Waals surface area contributed by atoms with Crippen molar-refractivity contribution in [3.8, 4) is 5.95 Å². The molecular formula is C13H10N4O3. The molecule has 0 aliphatic rings. The molecule has 0 radical (unpaired) electrons. The molecule has 100 valence electrons. The number of hydrogen-bond donors (Lipinski definition) is 1. The Morgan fingerprint density at radius 2 is 2.25 bits per heavy atom. The number of pyridine rings is 1. The summed E-state index contributed by atoms with van der Waals surface area (Å²) in [5, 5.41) is 17.8. The number of aromatic nitrogens is 3. The first-order valence-corrected chi connectivity index (χ1v) is 5.89. The zero-order valence-corrected chi connectivity index (χ0v) is 10.3. The van der Waals surface area contributed by atoms with Crippen LogP contribution in [0.5, 0.6) is 5.95 Å². The molecular weight excluding hydrogens is 260 g/mol. The van der Waals surface area contributed by atoms with Crippen molar-refractivity contribution in [2.45, 2.75) is 6.54 Å². The van der Waals surface area contributed by atoms with Gasteiger partial charge in [-0.2, -0.15) is 0 Å². The van der Waals surface area contributed by atoms with Gasteiger partial charge >= 0.3 is 0 Å². The van der Waals surface area contributed by atoms with Crippen LogP contribution in [0, 0.1) is 0 Å². The maximum atomic E-state index is 11.9. The Morgan fingerprint density at radius 3 is 3.05 bits per heavy atom. The molecule has 3 rings (SSSR count). The third kappa shape index (κ3) is 2.41. The quantitative estimate of drug-likeness (QED) is 0.687. The number of nitrogens with one attached hydrogen (secondary N) is 1. The summed E-state index contributed by atoms with van der Waals surface area (Å²) in [6.07, 6.45) is 2.80. The SMILES string of the molecule is O=C(C[n+]1cc([O-])on1)Nc1cccc2ncccc12. The molecule has 1 N–H and O–H groups in total. The minimum atomic E-state index is -0.591. The molecule has 3 aromatic rings. The number of anilines is 1. The summed E-state index contributed by atoms with van der Waals surface area (Å²) in [5.41, 5.74) is 1.45. The third-order valence-corrected chi connectivity index (χ3v) is 2.72. The molecule has 0 spiro atoms. The van der Waals surface area contributed by atoms with E-state index in [0.29, 0.717) is 5.69 Å². The zero-order chi connectivity index (χ0) is 13.9. The number of carbonyl (C=O) groups is 1. The summed E-state index contributed by atoms with van der Waals surface area (Å²) in [6, 6.07) is 9.13. The van der Waals surface area contributed by atoms with Crippen molar-refractivity contribution in [3.05, 3.63) is 42.7 Å². The summed E-state index contributed by atoms with van der Waals surface area (Å²) in [5.74, 6) is -0.896. The van der Waals surface area contributed by atoms with Gasteiger partial charge in [0, 0.05) is 11.6 Å². The number of carbonyl (C=O) groups excluding carboxylic acids is 1. The lowest BCUT2D eigenvalue weighted by atomic mass is 10.2. The average Bonchev–Trinajstić information content (AvgIpc) is 2.84. The molecule has 2 heterocycles. The van der Waals surface area contributed by atoms with Gasteiger partial charge in [0.05, 0.1) is 16.5 Å². The van der Waals surface area contributed by atoms with E-state index < -0.39 is 5.95 Å². The second kappa shape index (κ2) is 4.96. The lowest BCUT2D eigenvalue weighted by molar-refractivity contribution is -0.750. The first-order valence-electron chi connectivity index (χ1n) is 5.89. The van der Waals surface area contributed by atoms with Crippen LogP contribution in [0.3, 0.4) is 0 Å². The lowest BCUT2D eigenvalue weighted by Crippen LogP contribution is -2.41. The molecule has 0 saturated heterocycles. The monoisotopic (exact) mass is 270 g/mol. The van der Waals surface area contributed by atoms with Gasteiger partial charge in [0.1, 0.15) is 5.95 Å². The molecule has 0 aliphatic carbocycles. The summed E-state index contributed by atoms with van der Waals surface area (Å²) >= 11 is 0.